The number of aromatic nitrogens is 4. The zero-order valence-corrected chi connectivity index (χ0v) is 31.1. The van der Waals surface area contributed by atoms with Crippen LogP contribution in [0.1, 0.15) is 103 Å². The molecule has 48 heavy (non-hydrogen) atoms. The molecule has 4 heterocycles. The first kappa shape index (κ1) is 37.8. The number of fused-ring (bicyclic) bond motifs is 1. The number of carbonyl (C=O) groups excluding carboxylic acids is 1. The van der Waals surface area contributed by atoms with Gasteiger partial charge < -0.3 is 19.0 Å². The summed E-state index contributed by atoms with van der Waals surface area (Å²) in [5.74, 6) is 0.317. The first-order chi connectivity index (χ1) is 22.4. The Morgan fingerprint density at radius 1 is 0.938 bits per heavy atom. The number of unbranched alkanes of at least 4 members (excludes halogenated alkanes) is 1. The molecule has 0 radical (unpaired) electrons. The molecule has 1 aliphatic rings. The number of anilines is 1. The number of alkyl halides is 3. The van der Waals surface area contributed by atoms with Gasteiger partial charge in [-0.2, -0.15) is 13.2 Å². The quantitative estimate of drug-likeness (QED) is 0.147. The normalized spacial score (nSPS) is 15.4. The number of hydrogen-bond acceptors (Lipinski definition) is 7. The van der Waals surface area contributed by atoms with E-state index >= 15 is 0 Å². The highest BCUT2D eigenvalue weighted by molar-refractivity contribution is 6.77. The zero-order chi connectivity index (χ0) is 35.4. The van der Waals surface area contributed by atoms with E-state index in [0.717, 1.165) is 49.9 Å². The fraction of sp³-hybridized carbons (Fsp3) is 0.657. The minimum Gasteiger partial charge on any atom is -0.410 e. The van der Waals surface area contributed by atoms with Crippen LogP contribution in [0, 0.1) is 0 Å². The number of rotatable bonds is 13. The summed E-state index contributed by atoms with van der Waals surface area (Å²) >= 11 is 0. The van der Waals surface area contributed by atoms with E-state index in [2.05, 4.69) is 66.7 Å². The maximum Gasteiger partial charge on any atom is 0.433 e. The Bertz CT molecular complexity index is 1470. The molecule has 13 heteroatoms. The highest BCUT2D eigenvalue weighted by atomic mass is 28.4. The predicted molar refractivity (Wildman–Crippen MR) is 187 cm³/mol. The van der Waals surface area contributed by atoms with Gasteiger partial charge in [-0.05, 0) is 48.1 Å². The lowest BCUT2D eigenvalue weighted by atomic mass is 9.95. The second-order valence-electron chi connectivity index (χ2n) is 15.0. The summed E-state index contributed by atoms with van der Waals surface area (Å²) in [6.07, 6.45) is -1.03. The van der Waals surface area contributed by atoms with Gasteiger partial charge in [0, 0.05) is 56.1 Å². The van der Waals surface area contributed by atoms with Gasteiger partial charge in [0.15, 0.2) is 0 Å². The van der Waals surface area contributed by atoms with Gasteiger partial charge in [-0.1, -0.05) is 68.4 Å². The molecule has 0 saturated carbocycles. The smallest absolute Gasteiger partial charge is 0.410 e. The standard InChI is InChI=1S/C35H54F3N7O2Si/c1-24(2)48(25(3)4,26(5)6)47-23-27-13-12-14-30-40-28(22-45(27)30)32(46)39-15-10-11-16-43-17-19-44(20-18-43)31-21-29(35(36,37)38)41-33(42-31)34(7,8)9/h12-14,21-22,24-26H,10-11,15-20,23H2,1-9H3,(H,39,46). The van der Waals surface area contributed by atoms with Crippen LogP contribution in [0.15, 0.2) is 30.5 Å². The number of piperazine rings is 1. The number of pyridine rings is 1. The summed E-state index contributed by atoms with van der Waals surface area (Å²) in [6.45, 7) is 23.6. The van der Waals surface area contributed by atoms with Gasteiger partial charge in [-0.3, -0.25) is 9.69 Å². The lowest BCUT2D eigenvalue weighted by Gasteiger charge is -2.42. The van der Waals surface area contributed by atoms with E-state index in [-0.39, 0.29) is 11.7 Å². The monoisotopic (exact) mass is 689 g/mol. The number of nitrogens with zero attached hydrogens (tertiary/aromatic N) is 6. The van der Waals surface area contributed by atoms with E-state index in [1.54, 1.807) is 6.20 Å². The van der Waals surface area contributed by atoms with Gasteiger partial charge in [0.1, 0.15) is 28.7 Å². The molecule has 1 aliphatic heterocycles. The fourth-order valence-electron chi connectivity index (χ4n) is 7.02. The Hall–Kier alpha value is -3.03. The van der Waals surface area contributed by atoms with Crippen molar-refractivity contribution in [3.8, 4) is 0 Å². The molecule has 0 atom stereocenters. The average molecular weight is 690 g/mol. The van der Waals surface area contributed by atoms with Crippen molar-refractivity contribution in [1.82, 2.24) is 29.6 Å². The second-order valence-corrected chi connectivity index (χ2v) is 20.4. The highest BCUT2D eigenvalue weighted by Crippen LogP contribution is 2.42. The van der Waals surface area contributed by atoms with E-state index in [1.165, 1.54) is 0 Å². The minimum absolute atomic E-state index is 0.192. The van der Waals surface area contributed by atoms with Gasteiger partial charge >= 0.3 is 6.18 Å². The van der Waals surface area contributed by atoms with Crippen LogP contribution in [0.5, 0.6) is 0 Å². The number of nitrogens with one attached hydrogen (secondary N) is 1. The predicted octanol–water partition coefficient (Wildman–Crippen LogP) is 7.46. The van der Waals surface area contributed by atoms with E-state index in [1.807, 2.05) is 48.3 Å². The Morgan fingerprint density at radius 2 is 1.58 bits per heavy atom. The minimum atomic E-state index is -4.53. The molecule has 3 aromatic rings. The first-order valence-corrected chi connectivity index (χ1v) is 19.4. The molecule has 0 aliphatic carbocycles. The van der Waals surface area contributed by atoms with E-state index in [4.69, 9.17) is 4.43 Å². The van der Waals surface area contributed by atoms with Crippen molar-refractivity contribution in [2.45, 2.75) is 110 Å². The maximum atomic E-state index is 13.6. The molecule has 0 unspecified atom stereocenters. The van der Waals surface area contributed by atoms with Crippen molar-refractivity contribution >= 4 is 25.7 Å². The molecular weight excluding hydrogens is 636 g/mol. The number of halogens is 3. The highest BCUT2D eigenvalue weighted by Gasteiger charge is 2.45. The van der Waals surface area contributed by atoms with Crippen LogP contribution in [-0.2, 0) is 22.6 Å². The van der Waals surface area contributed by atoms with Crippen LogP contribution in [0.3, 0.4) is 0 Å². The third kappa shape index (κ3) is 8.76. The first-order valence-electron chi connectivity index (χ1n) is 17.3. The van der Waals surface area contributed by atoms with Crippen LogP contribution < -0.4 is 10.2 Å². The molecule has 1 fully saturated rings. The fourth-order valence-corrected chi connectivity index (χ4v) is 12.4. The van der Waals surface area contributed by atoms with E-state index in [9.17, 15) is 18.0 Å². The molecule has 3 aromatic heterocycles. The van der Waals surface area contributed by atoms with Crippen molar-refractivity contribution in [1.29, 1.82) is 0 Å². The third-order valence-corrected chi connectivity index (χ3v) is 15.6. The second kappa shape index (κ2) is 15.2. The molecule has 0 aromatic carbocycles. The van der Waals surface area contributed by atoms with Gasteiger partial charge in [0.05, 0.1) is 6.61 Å². The van der Waals surface area contributed by atoms with E-state index in [0.29, 0.717) is 54.4 Å². The molecule has 1 N–H and O–H groups in total. The molecule has 4 rings (SSSR count). The Kier molecular flexibility index (Phi) is 12.0. The molecule has 0 spiro atoms. The third-order valence-electron chi connectivity index (χ3n) is 9.54. The molecule has 1 saturated heterocycles. The van der Waals surface area contributed by atoms with Crippen LogP contribution in [0.25, 0.3) is 5.65 Å². The number of imidazole rings is 1. The van der Waals surface area contributed by atoms with Gasteiger partial charge in [0.2, 0.25) is 8.32 Å². The Morgan fingerprint density at radius 3 is 2.17 bits per heavy atom. The summed E-state index contributed by atoms with van der Waals surface area (Å²) in [6, 6.07) is 6.96. The summed E-state index contributed by atoms with van der Waals surface area (Å²) in [5, 5.41) is 3.01. The molecule has 266 valence electrons. The largest absolute Gasteiger partial charge is 0.433 e. The Balaban J connectivity index is 1.26. The lowest BCUT2D eigenvalue weighted by molar-refractivity contribution is -0.141. The van der Waals surface area contributed by atoms with Crippen LogP contribution >= 0.6 is 0 Å². The summed E-state index contributed by atoms with van der Waals surface area (Å²) in [4.78, 5) is 30.1. The van der Waals surface area contributed by atoms with Gasteiger partial charge in [0.25, 0.3) is 5.91 Å². The van der Waals surface area contributed by atoms with Gasteiger partial charge in [-0.15, -0.1) is 0 Å². The SMILES string of the molecule is CC(C)[Si](OCc1cccc2nc(C(=O)NCCCCN3CCN(c4cc(C(F)(F)F)nc(C(C)(C)C)n4)CC3)cn12)(C(C)C)C(C)C. The average Bonchev–Trinajstić information content (AvgIpc) is 3.45. The molecule has 0 bridgehead atoms. The van der Waals surface area contributed by atoms with Crippen LogP contribution in [0.4, 0.5) is 19.0 Å². The van der Waals surface area contributed by atoms with Crippen LogP contribution in [0.2, 0.25) is 16.6 Å². The van der Waals surface area contributed by atoms with Crippen LogP contribution in [-0.4, -0.2) is 77.7 Å². The lowest BCUT2D eigenvalue weighted by Crippen LogP contribution is -2.47. The summed E-state index contributed by atoms with van der Waals surface area (Å²) in [5.41, 5.74) is 2.02. The van der Waals surface area contributed by atoms with Gasteiger partial charge in [-0.25, -0.2) is 15.0 Å². The van der Waals surface area contributed by atoms with Crippen molar-refractivity contribution in [2.24, 2.45) is 0 Å². The van der Waals surface area contributed by atoms with Crippen molar-refractivity contribution in [2.75, 3.05) is 44.2 Å². The Labute approximate surface area is 284 Å². The molecular formula is C35H54F3N7O2Si. The maximum absolute atomic E-state index is 13.6. The summed E-state index contributed by atoms with van der Waals surface area (Å²) in [7, 11) is -2.05. The summed E-state index contributed by atoms with van der Waals surface area (Å²) < 4.78 is 49.5. The van der Waals surface area contributed by atoms with E-state index < -0.39 is 25.6 Å². The van der Waals surface area contributed by atoms with Crippen molar-refractivity contribution in [3.05, 3.63) is 53.4 Å². The molecule has 1 amide bonds. The number of amides is 1. The van der Waals surface area contributed by atoms with Crippen molar-refractivity contribution < 1.29 is 22.4 Å². The number of hydrogen-bond donors (Lipinski definition) is 1. The topological polar surface area (TPSA) is 87.9 Å². The van der Waals surface area contributed by atoms with Crippen molar-refractivity contribution in [3.63, 3.8) is 0 Å². The molecule has 9 nitrogen and oxygen atoms in total. The zero-order valence-electron chi connectivity index (χ0n) is 30.1. The number of carbonyl (C=O) groups is 1.